The van der Waals surface area contributed by atoms with Crippen molar-refractivity contribution in [3.05, 3.63) is 33.9 Å². The molecule has 0 aliphatic rings. The number of ether oxygens (including phenoxy) is 1. The van der Waals surface area contributed by atoms with Gasteiger partial charge in [-0.05, 0) is 13.0 Å². The molecule has 1 rings (SSSR count). The minimum absolute atomic E-state index is 0.0354. The number of hydrogen-bond donors (Lipinski definition) is 1. The first-order valence-electron chi connectivity index (χ1n) is 5.89. The maximum Gasteiger partial charge on any atom is 0.276 e. The summed E-state index contributed by atoms with van der Waals surface area (Å²) >= 11 is 0. The lowest BCUT2D eigenvalue weighted by atomic mass is 9.98. The molecule has 0 saturated heterocycles. The van der Waals surface area contributed by atoms with E-state index in [4.69, 9.17) is 9.88 Å². The van der Waals surface area contributed by atoms with Crippen LogP contribution in [0.3, 0.4) is 0 Å². The van der Waals surface area contributed by atoms with Crippen molar-refractivity contribution >= 4 is 15.7 Å². The first-order valence-corrected chi connectivity index (χ1v) is 7.61. The second-order valence-corrected chi connectivity index (χ2v) is 7.03. The third-order valence-corrected chi connectivity index (χ3v) is 3.85. The van der Waals surface area contributed by atoms with Gasteiger partial charge in [-0.2, -0.15) is 0 Å². The Balaban J connectivity index is 2.85. The molecule has 20 heavy (non-hydrogen) atoms. The number of nitro benzene ring substituents is 1. The Morgan fingerprint density at radius 2 is 2.00 bits per heavy atom. The van der Waals surface area contributed by atoms with E-state index < -0.39 is 20.4 Å². The topological polar surface area (TPSA) is 113 Å². The molecule has 0 bridgehead atoms. The second-order valence-electron chi connectivity index (χ2n) is 5.42. The lowest BCUT2D eigenvalue weighted by molar-refractivity contribution is -0.385. The van der Waals surface area contributed by atoms with Crippen molar-refractivity contribution in [3.63, 3.8) is 0 Å². The molecule has 1 aromatic rings. The minimum Gasteiger partial charge on any atom is -0.492 e. The number of rotatable bonds is 6. The number of nitrogens with zero attached hydrogens (tertiary/aromatic N) is 1. The van der Waals surface area contributed by atoms with Crippen LogP contribution in [0.15, 0.2) is 18.2 Å². The normalized spacial score (nSPS) is 12.2. The van der Waals surface area contributed by atoms with E-state index in [1.807, 2.05) is 0 Å². The first kappa shape index (κ1) is 16.4. The van der Waals surface area contributed by atoms with Gasteiger partial charge in [-0.15, -0.1) is 0 Å². The molecule has 0 atom stereocenters. The van der Waals surface area contributed by atoms with Gasteiger partial charge in [0.15, 0.2) is 0 Å². The van der Waals surface area contributed by atoms with Gasteiger partial charge in [0.2, 0.25) is 10.0 Å². The number of hydrogen-bond acceptors (Lipinski definition) is 5. The highest BCUT2D eigenvalue weighted by atomic mass is 32.2. The fraction of sp³-hybridized carbons (Fsp3) is 0.500. The van der Waals surface area contributed by atoms with Gasteiger partial charge in [0.05, 0.1) is 22.8 Å². The van der Waals surface area contributed by atoms with Crippen LogP contribution >= 0.6 is 0 Å². The van der Waals surface area contributed by atoms with Gasteiger partial charge in [0, 0.05) is 11.5 Å². The summed E-state index contributed by atoms with van der Waals surface area (Å²) in [6, 6.07) is 4.51. The first-order chi connectivity index (χ1) is 9.02. The van der Waals surface area contributed by atoms with Crippen LogP contribution in [0.25, 0.3) is 0 Å². The van der Waals surface area contributed by atoms with E-state index in [0.717, 1.165) is 0 Å². The van der Waals surface area contributed by atoms with E-state index >= 15 is 0 Å². The summed E-state index contributed by atoms with van der Waals surface area (Å²) in [5.41, 5.74) is -0.319. The highest BCUT2D eigenvalue weighted by molar-refractivity contribution is 7.89. The zero-order valence-corrected chi connectivity index (χ0v) is 12.4. The summed E-state index contributed by atoms with van der Waals surface area (Å²) in [5, 5.41) is 15.8. The van der Waals surface area contributed by atoms with E-state index in [1.54, 1.807) is 26.8 Å². The molecule has 0 saturated carbocycles. The Morgan fingerprint density at radius 1 is 1.40 bits per heavy atom. The smallest absolute Gasteiger partial charge is 0.276 e. The van der Waals surface area contributed by atoms with Crippen molar-refractivity contribution in [1.29, 1.82) is 0 Å². The second kappa shape index (κ2) is 5.76. The van der Waals surface area contributed by atoms with Crippen LogP contribution in [0, 0.1) is 22.5 Å². The SMILES string of the molecule is Cc1c(OCC(C)(C)CS(N)(=O)=O)cccc1[N+](=O)[O-]. The van der Waals surface area contributed by atoms with Crippen LogP contribution in [-0.2, 0) is 10.0 Å². The summed E-state index contributed by atoms with van der Waals surface area (Å²) < 4.78 is 27.7. The molecule has 0 aliphatic carbocycles. The van der Waals surface area contributed by atoms with Gasteiger partial charge >= 0.3 is 0 Å². The molecule has 0 aliphatic heterocycles. The fourth-order valence-electron chi connectivity index (χ4n) is 1.82. The van der Waals surface area contributed by atoms with E-state index in [0.29, 0.717) is 11.3 Å². The molecule has 0 heterocycles. The number of benzene rings is 1. The van der Waals surface area contributed by atoms with E-state index in [1.165, 1.54) is 12.1 Å². The van der Waals surface area contributed by atoms with Gasteiger partial charge in [-0.25, -0.2) is 13.6 Å². The highest BCUT2D eigenvalue weighted by Gasteiger charge is 2.26. The van der Waals surface area contributed by atoms with Gasteiger partial charge in [-0.1, -0.05) is 19.9 Å². The summed E-state index contributed by atoms with van der Waals surface area (Å²) in [4.78, 5) is 10.3. The largest absolute Gasteiger partial charge is 0.492 e. The predicted molar refractivity (Wildman–Crippen MR) is 75.1 cm³/mol. The standard InChI is InChI=1S/C12H18N2O5S/c1-9-10(14(15)16)5-4-6-11(9)19-7-12(2,3)8-20(13,17)18/h4-6H,7-8H2,1-3H3,(H2,13,17,18). The van der Waals surface area contributed by atoms with Gasteiger partial charge in [0.25, 0.3) is 5.69 Å². The van der Waals surface area contributed by atoms with E-state index in [9.17, 15) is 18.5 Å². The molecular formula is C12H18N2O5S. The summed E-state index contributed by atoms with van der Waals surface area (Å²) in [5.74, 6) is 0.134. The minimum atomic E-state index is -3.61. The maximum atomic E-state index is 11.1. The zero-order valence-electron chi connectivity index (χ0n) is 11.6. The van der Waals surface area contributed by atoms with Crippen molar-refractivity contribution in [2.24, 2.45) is 10.6 Å². The molecule has 0 radical (unpaired) electrons. The van der Waals surface area contributed by atoms with Crippen molar-refractivity contribution in [2.75, 3.05) is 12.4 Å². The molecule has 0 fully saturated rings. The Bertz CT molecular complexity index is 610. The molecule has 7 nitrogen and oxygen atoms in total. The molecule has 0 aromatic heterocycles. The van der Waals surface area contributed by atoms with Gasteiger partial charge in [-0.3, -0.25) is 10.1 Å². The lowest BCUT2D eigenvalue weighted by Gasteiger charge is -2.23. The number of sulfonamides is 1. The van der Waals surface area contributed by atoms with E-state index in [-0.39, 0.29) is 18.0 Å². The van der Waals surface area contributed by atoms with Crippen molar-refractivity contribution in [1.82, 2.24) is 0 Å². The average Bonchev–Trinajstić information content (AvgIpc) is 2.24. The third-order valence-electron chi connectivity index (χ3n) is 2.66. The van der Waals surface area contributed by atoms with Crippen LogP contribution < -0.4 is 9.88 Å². The van der Waals surface area contributed by atoms with Crippen molar-refractivity contribution in [3.8, 4) is 5.75 Å². The van der Waals surface area contributed by atoms with Crippen LogP contribution in [0.2, 0.25) is 0 Å². The molecule has 1 aromatic carbocycles. The van der Waals surface area contributed by atoms with E-state index in [2.05, 4.69) is 0 Å². The van der Waals surface area contributed by atoms with Crippen LogP contribution in [0.4, 0.5) is 5.69 Å². The summed E-state index contributed by atoms with van der Waals surface area (Å²) in [6.45, 7) is 5.07. The van der Waals surface area contributed by atoms with Crippen LogP contribution in [-0.4, -0.2) is 25.7 Å². The van der Waals surface area contributed by atoms with Gasteiger partial charge in [0.1, 0.15) is 5.75 Å². The van der Waals surface area contributed by atoms with Gasteiger partial charge < -0.3 is 4.74 Å². The molecule has 0 spiro atoms. The fourth-order valence-corrected chi connectivity index (χ4v) is 2.99. The Morgan fingerprint density at radius 3 is 2.50 bits per heavy atom. The number of primary sulfonamides is 1. The molecule has 8 heteroatoms. The Labute approximate surface area is 117 Å². The molecule has 112 valence electrons. The van der Waals surface area contributed by atoms with Crippen LogP contribution in [0.5, 0.6) is 5.75 Å². The predicted octanol–water partition coefficient (Wildman–Crippen LogP) is 1.60. The number of nitrogens with two attached hydrogens (primary N) is 1. The van der Waals surface area contributed by atoms with Crippen molar-refractivity contribution in [2.45, 2.75) is 20.8 Å². The van der Waals surface area contributed by atoms with Crippen LogP contribution in [0.1, 0.15) is 19.4 Å². The monoisotopic (exact) mass is 302 g/mol. The highest BCUT2D eigenvalue weighted by Crippen LogP contribution is 2.28. The summed E-state index contributed by atoms with van der Waals surface area (Å²) in [6.07, 6.45) is 0. The number of nitro groups is 1. The average molecular weight is 302 g/mol. The molecular weight excluding hydrogens is 284 g/mol. The quantitative estimate of drug-likeness (QED) is 0.633. The summed E-state index contributed by atoms with van der Waals surface area (Å²) in [7, 11) is -3.61. The zero-order chi connectivity index (χ0) is 15.6. The Hall–Kier alpha value is -1.67. The molecule has 0 unspecified atom stereocenters. The van der Waals surface area contributed by atoms with Crippen molar-refractivity contribution < 1.29 is 18.1 Å². The lowest BCUT2D eigenvalue weighted by Crippen LogP contribution is -2.33. The molecule has 2 N–H and O–H groups in total. The Kier molecular flexibility index (Phi) is 4.72. The third kappa shape index (κ3) is 4.78. The molecule has 0 amide bonds. The maximum absolute atomic E-state index is 11.1.